The molecule has 5 nitrogen and oxygen atoms in total. The summed E-state index contributed by atoms with van der Waals surface area (Å²) < 4.78 is 1.48. The molecule has 5 heteroatoms. The van der Waals surface area contributed by atoms with Crippen LogP contribution >= 0.6 is 0 Å². The Morgan fingerprint density at radius 1 is 1.25 bits per heavy atom. The Balaban J connectivity index is 2.57. The number of aromatic nitrogens is 2. The number of hydrogen-bond donors (Lipinski definition) is 1. The van der Waals surface area contributed by atoms with Crippen molar-refractivity contribution < 1.29 is 5.11 Å². The van der Waals surface area contributed by atoms with Crippen molar-refractivity contribution in [2.75, 3.05) is 0 Å². The average Bonchev–Trinajstić information content (AvgIpc) is 2.65. The zero-order valence-corrected chi connectivity index (χ0v) is 8.16. The number of pyridine rings is 1. The summed E-state index contributed by atoms with van der Waals surface area (Å²) in [4.78, 5) is 14.5. The molecule has 0 atom stereocenters. The molecule has 0 aliphatic rings. The standard InChI is InChI=1S/C11H7N3O2/c15-11-10(13-16)14-6-5-7-3-1-2-4-8(7)9(14)12-11/h1-6,15H. The maximum atomic E-state index is 10.6. The van der Waals surface area contributed by atoms with Gasteiger partial charge in [0.15, 0.2) is 5.65 Å². The molecule has 1 N–H and O–H groups in total. The Bertz CT molecular complexity index is 703. The summed E-state index contributed by atoms with van der Waals surface area (Å²) in [6.45, 7) is 0. The highest BCUT2D eigenvalue weighted by atomic mass is 16.3. The minimum atomic E-state index is -0.341. The fraction of sp³-hybridized carbons (Fsp3) is 0. The summed E-state index contributed by atoms with van der Waals surface area (Å²) in [6.07, 6.45) is 1.67. The van der Waals surface area contributed by atoms with Crippen LogP contribution in [0.4, 0.5) is 5.82 Å². The van der Waals surface area contributed by atoms with E-state index in [1.165, 1.54) is 4.40 Å². The number of aromatic hydroxyl groups is 1. The molecular formula is C11H7N3O2. The lowest BCUT2D eigenvalue weighted by molar-refractivity contribution is 0.459. The van der Waals surface area contributed by atoms with Gasteiger partial charge >= 0.3 is 0 Å². The third-order valence-corrected chi connectivity index (χ3v) is 2.56. The first-order chi connectivity index (χ1) is 7.81. The Morgan fingerprint density at radius 2 is 2.06 bits per heavy atom. The van der Waals surface area contributed by atoms with Crippen molar-refractivity contribution in [2.24, 2.45) is 5.18 Å². The third-order valence-electron chi connectivity index (χ3n) is 2.56. The molecule has 0 amide bonds. The van der Waals surface area contributed by atoms with E-state index in [1.807, 2.05) is 30.3 Å². The number of imidazole rings is 1. The molecule has 0 spiro atoms. The van der Waals surface area contributed by atoms with Crippen molar-refractivity contribution in [1.82, 2.24) is 9.38 Å². The van der Waals surface area contributed by atoms with E-state index >= 15 is 0 Å². The largest absolute Gasteiger partial charge is 0.490 e. The third kappa shape index (κ3) is 1.02. The van der Waals surface area contributed by atoms with Crippen LogP contribution in [0.1, 0.15) is 0 Å². The van der Waals surface area contributed by atoms with Crippen LogP contribution in [0.3, 0.4) is 0 Å². The van der Waals surface area contributed by atoms with E-state index in [9.17, 15) is 10.0 Å². The monoisotopic (exact) mass is 213 g/mol. The van der Waals surface area contributed by atoms with Gasteiger partial charge in [-0.25, -0.2) is 0 Å². The van der Waals surface area contributed by atoms with Crippen molar-refractivity contribution >= 4 is 22.2 Å². The lowest BCUT2D eigenvalue weighted by Gasteiger charge is -1.99. The van der Waals surface area contributed by atoms with Crippen LogP contribution in [0, 0.1) is 4.91 Å². The summed E-state index contributed by atoms with van der Waals surface area (Å²) in [5.74, 6) is -0.410. The van der Waals surface area contributed by atoms with E-state index in [2.05, 4.69) is 10.2 Å². The van der Waals surface area contributed by atoms with Crippen LogP contribution in [0.2, 0.25) is 0 Å². The van der Waals surface area contributed by atoms with Gasteiger partial charge in [0.2, 0.25) is 5.82 Å². The van der Waals surface area contributed by atoms with Gasteiger partial charge in [0.25, 0.3) is 5.88 Å². The van der Waals surface area contributed by atoms with Crippen molar-refractivity contribution in [1.29, 1.82) is 0 Å². The lowest BCUT2D eigenvalue weighted by Crippen LogP contribution is -1.84. The minimum absolute atomic E-state index is 0.0687. The smallest absolute Gasteiger partial charge is 0.261 e. The van der Waals surface area contributed by atoms with Gasteiger partial charge < -0.3 is 5.11 Å². The van der Waals surface area contributed by atoms with E-state index < -0.39 is 0 Å². The second-order valence-corrected chi connectivity index (χ2v) is 3.45. The second-order valence-electron chi connectivity index (χ2n) is 3.45. The van der Waals surface area contributed by atoms with E-state index in [-0.39, 0.29) is 11.7 Å². The van der Waals surface area contributed by atoms with E-state index in [4.69, 9.17) is 0 Å². The molecule has 3 rings (SSSR count). The normalized spacial score (nSPS) is 11.0. The first kappa shape index (κ1) is 8.84. The van der Waals surface area contributed by atoms with Gasteiger partial charge in [-0.2, -0.15) is 4.98 Å². The van der Waals surface area contributed by atoms with Crippen LogP contribution in [0.15, 0.2) is 41.7 Å². The highest BCUT2D eigenvalue weighted by Crippen LogP contribution is 2.30. The number of hydrogen-bond acceptors (Lipinski definition) is 4. The summed E-state index contributed by atoms with van der Waals surface area (Å²) in [5.41, 5.74) is 0.533. The number of benzene rings is 1. The van der Waals surface area contributed by atoms with Crippen LogP contribution in [-0.4, -0.2) is 14.5 Å². The second kappa shape index (κ2) is 3.03. The first-order valence-electron chi connectivity index (χ1n) is 4.73. The molecule has 0 aliphatic carbocycles. The van der Waals surface area contributed by atoms with Crippen molar-refractivity contribution in [2.45, 2.75) is 0 Å². The molecule has 1 aromatic carbocycles. The summed E-state index contributed by atoms with van der Waals surface area (Å²) >= 11 is 0. The van der Waals surface area contributed by atoms with Crippen molar-refractivity contribution in [3.63, 3.8) is 0 Å². The average molecular weight is 213 g/mol. The Morgan fingerprint density at radius 3 is 2.88 bits per heavy atom. The van der Waals surface area contributed by atoms with Crippen LogP contribution < -0.4 is 0 Å². The quantitative estimate of drug-likeness (QED) is 0.631. The Labute approximate surface area is 89.9 Å². The van der Waals surface area contributed by atoms with Crippen LogP contribution in [-0.2, 0) is 0 Å². The molecular weight excluding hydrogens is 206 g/mol. The predicted octanol–water partition coefficient (Wildman–Crippen LogP) is 2.59. The van der Waals surface area contributed by atoms with Gasteiger partial charge in [-0.15, -0.1) is 4.91 Å². The maximum Gasteiger partial charge on any atom is 0.261 e. The molecule has 2 aromatic heterocycles. The Kier molecular flexibility index (Phi) is 1.67. The lowest BCUT2D eigenvalue weighted by atomic mass is 10.2. The molecule has 0 bridgehead atoms. The highest BCUT2D eigenvalue weighted by molar-refractivity contribution is 5.94. The highest BCUT2D eigenvalue weighted by Gasteiger charge is 2.13. The first-order valence-corrected chi connectivity index (χ1v) is 4.73. The molecule has 2 heterocycles. The minimum Gasteiger partial charge on any atom is -0.490 e. The van der Waals surface area contributed by atoms with E-state index in [0.717, 1.165) is 10.8 Å². The maximum absolute atomic E-state index is 10.6. The molecule has 0 saturated heterocycles. The van der Waals surface area contributed by atoms with Crippen LogP contribution in [0.5, 0.6) is 5.88 Å². The van der Waals surface area contributed by atoms with Gasteiger partial charge in [-0.3, -0.25) is 4.40 Å². The van der Waals surface area contributed by atoms with Gasteiger partial charge in [-0.05, 0) is 16.6 Å². The van der Waals surface area contributed by atoms with Crippen molar-refractivity contribution in [3.05, 3.63) is 41.4 Å². The predicted molar refractivity (Wildman–Crippen MR) is 59.8 cm³/mol. The number of fused-ring (bicyclic) bond motifs is 3. The van der Waals surface area contributed by atoms with E-state index in [0.29, 0.717) is 5.65 Å². The SMILES string of the molecule is O=Nc1c(O)nc2c3ccccc3ccn12. The summed E-state index contributed by atoms with van der Waals surface area (Å²) in [6, 6.07) is 9.46. The zero-order chi connectivity index (χ0) is 11.1. The summed E-state index contributed by atoms with van der Waals surface area (Å²) in [5, 5.41) is 14.1. The number of nitroso groups, excluding NO2 is 1. The zero-order valence-electron chi connectivity index (χ0n) is 8.16. The van der Waals surface area contributed by atoms with Crippen LogP contribution in [0.25, 0.3) is 16.4 Å². The molecule has 0 aliphatic heterocycles. The van der Waals surface area contributed by atoms with Gasteiger partial charge in [0, 0.05) is 11.6 Å². The van der Waals surface area contributed by atoms with Crippen molar-refractivity contribution in [3.8, 4) is 5.88 Å². The molecule has 78 valence electrons. The molecule has 16 heavy (non-hydrogen) atoms. The Hall–Kier alpha value is -2.43. The topological polar surface area (TPSA) is 67.0 Å². The fourth-order valence-electron chi connectivity index (χ4n) is 1.83. The molecule has 0 fully saturated rings. The summed E-state index contributed by atoms with van der Waals surface area (Å²) in [7, 11) is 0. The fourth-order valence-corrected chi connectivity index (χ4v) is 1.83. The number of rotatable bonds is 1. The molecule has 0 saturated carbocycles. The van der Waals surface area contributed by atoms with Gasteiger partial charge in [0.05, 0.1) is 0 Å². The molecule has 0 unspecified atom stereocenters. The van der Waals surface area contributed by atoms with Gasteiger partial charge in [0.1, 0.15) is 0 Å². The molecule has 0 radical (unpaired) electrons. The van der Waals surface area contributed by atoms with Gasteiger partial charge in [-0.1, -0.05) is 24.3 Å². The molecule has 3 aromatic rings. The number of nitrogens with zero attached hydrogens (tertiary/aromatic N) is 3. The van der Waals surface area contributed by atoms with E-state index in [1.54, 1.807) is 6.20 Å².